The Morgan fingerprint density at radius 1 is 0.911 bits per heavy atom. The number of carbonyl (C=O) groups is 3. The first-order valence-corrected chi connectivity index (χ1v) is 14.9. The number of carbonyl (C=O) groups excluding carboxylic acids is 3. The van der Waals surface area contributed by atoms with Gasteiger partial charge in [0.1, 0.15) is 23.4 Å². The number of nitrogens with zero attached hydrogens (tertiary/aromatic N) is 2. The highest BCUT2D eigenvalue weighted by Gasteiger charge is 2.46. The van der Waals surface area contributed by atoms with E-state index in [2.05, 4.69) is 10.6 Å². The van der Waals surface area contributed by atoms with Crippen molar-refractivity contribution in [1.82, 2.24) is 20.4 Å². The van der Waals surface area contributed by atoms with E-state index in [-0.39, 0.29) is 37.4 Å². The topological polar surface area (TPSA) is 91.0 Å². The third kappa shape index (κ3) is 6.43. The molecule has 2 heterocycles. The van der Waals surface area contributed by atoms with Gasteiger partial charge in [-0.05, 0) is 60.0 Å². The van der Waals surface area contributed by atoms with Crippen LogP contribution in [-0.4, -0.2) is 46.8 Å². The van der Waals surface area contributed by atoms with Gasteiger partial charge in [-0.3, -0.25) is 14.5 Å². The average Bonchev–Trinajstić information content (AvgIpc) is 3.39. The van der Waals surface area contributed by atoms with Gasteiger partial charge in [-0.1, -0.05) is 72.8 Å². The molecular formula is C36H33FN4O4. The van der Waals surface area contributed by atoms with Gasteiger partial charge in [0.25, 0.3) is 5.91 Å². The molecule has 0 saturated carbocycles. The molecule has 0 radical (unpaired) electrons. The maximum absolute atomic E-state index is 14.4. The van der Waals surface area contributed by atoms with E-state index in [9.17, 15) is 18.8 Å². The van der Waals surface area contributed by atoms with Gasteiger partial charge in [0.15, 0.2) is 0 Å². The van der Waals surface area contributed by atoms with Gasteiger partial charge in [0.2, 0.25) is 5.91 Å². The number of hydrogen-bond donors (Lipinski definition) is 2. The molecule has 228 valence electrons. The van der Waals surface area contributed by atoms with Crippen LogP contribution in [-0.2, 0) is 22.6 Å². The monoisotopic (exact) mass is 604 g/mol. The zero-order valence-electron chi connectivity index (χ0n) is 24.8. The summed E-state index contributed by atoms with van der Waals surface area (Å²) in [5.41, 5.74) is 3.16. The zero-order chi connectivity index (χ0) is 31.3. The summed E-state index contributed by atoms with van der Waals surface area (Å²) < 4.78 is 19.8. The van der Waals surface area contributed by atoms with E-state index in [0.29, 0.717) is 40.4 Å². The van der Waals surface area contributed by atoms with Gasteiger partial charge in [0.05, 0.1) is 23.9 Å². The van der Waals surface area contributed by atoms with Gasteiger partial charge >= 0.3 is 6.03 Å². The molecule has 0 aliphatic carbocycles. The van der Waals surface area contributed by atoms with Crippen LogP contribution in [0.5, 0.6) is 11.5 Å². The van der Waals surface area contributed by atoms with E-state index in [1.54, 1.807) is 21.9 Å². The molecule has 45 heavy (non-hydrogen) atoms. The molecular weight excluding hydrogens is 571 g/mol. The Balaban J connectivity index is 1.31. The van der Waals surface area contributed by atoms with Gasteiger partial charge in [-0.15, -0.1) is 0 Å². The minimum atomic E-state index is -0.874. The van der Waals surface area contributed by atoms with E-state index >= 15 is 0 Å². The van der Waals surface area contributed by atoms with Crippen molar-refractivity contribution in [3.63, 3.8) is 0 Å². The fourth-order valence-electron chi connectivity index (χ4n) is 5.87. The Morgan fingerprint density at radius 2 is 1.60 bits per heavy atom. The lowest BCUT2D eigenvalue weighted by atomic mass is 9.95. The molecule has 4 aromatic rings. The summed E-state index contributed by atoms with van der Waals surface area (Å²) in [6.45, 7) is 2.40. The molecule has 0 saturated heterocycles. The van der Waals surface area contributed by atoms with Crippen molar-refractivity contribution in [2.75, 3.05) is 13.1 Å². The summed E-state index contributed by atoms with van der Waals surface area (Å²) in [5, 5.41) is 5.91. The predicted octanol–water partition coefficient (Wildman–Crippen LogP) is 5.73. The molecule has 0 fully saturated rings. The van der Waals surface area contributed by atoms with Crippen LogP contribution in [0.3, 0.4) is 0 Å². The van der Waals surface area contributed by atoms with Crippen molar-refractivity contribution in [2.45, 2.75) is 32.0 Å². The third-order valence-electron chi connectivity index (χ3n) is 8.04. The summed E-state index contributed by atoms with van der Waals surface area (Å²) in [6.07, 6.45) is 0.265. The summed E-state index contributed by atoms with van der Waals surface area (Å²) in [4.78, 5) is 44.6. The SMILES string of the molecule is CCN1C(=O)N[C@H](c2cccc(Oc3ccccc3)c2)C2=C1CN([C@H](Cc1ccccc1)C(=O)NCc1cccc(F)c1)C2=O. The van der Waals surface area contributed by atoms with Crippen LogP contribution in [0.25, 0.3) is 0 Å². The van der Waals surface area contributed by atoms with E-state index in [4.69, 9.17) is 4.74 Å². The number of nitrogens with one attached hydrogen (secondary N) is 2. The fraction of sp³-hybridized carbons (Fsp3) is 0.194. The highest BCUT2D eigenvalue weighted by Crippen LogP contribution is 2.38. The van der Waals surface area contributed by atoms with Crippen molar-refractivity contribution in [3.8, 4) is 11.5 Å². The number of benzene rings is 4. The summed E-state index contributed by atoms with van der Waals surface area (Å²) in [7, 11) is 0. The minimum absolute atomic E-state index is 0.0943. The van der Waals surface area contributed by atoms with E-state index in [0.717, 1.165) is 5.56 Å². The number of halogens is 1. The van der Waals surface area contributed by atoms with Crippen molar-refractivity contribution >= 4 is 17.8 Å². The van der Waals surface area contributed by atoms with E-state index in [1.807, 2.05) is 91.9 Å². The quantitative estimate of drug-likeness (QED) is 0.242. The van der Waals surface area contributed by atoms with E-state index in [1.165, 1.54) is 12.1 Å². The number of likely N-dealkylation sites (N-methyl/N-ethyl adjacent to an activating group) is 1. The maximum atomic E-state index is 14.4. The number of hydrogen-bond acceptors (Lipinski definition) is 4. The molecule has 2 aliphatic rings. The van der Waals surface area contributed by atoms with Crippen molar-refractivity contribution in [1.29, 1.82) is 0 Å². The largest absolute Gasteiger partial charge is 0.457 e. The molecule has 0 aromatic heterocycles. The number of rotatable bonds is 10. The molecule has 4 aromatic carbocycles. The van der Waals surface area contributed by atoms with Gasteiger partial charge in [0, 0.05) is 19.5 Å². The highest BCUT2D eigenvalue weighted by atomic mass is 19.1. The molecule has 2 atom stereocenters. The van der Waals surface area contributed by atoms with Crippen LogP contribution in [0.15, 0.2) is 120 Å². The molecule has 2 N–H and O–H groups in total. The first-order valence-electron chi connectivity index (χ1n) is 14.9. The molecule has 4 amide bonds. The molecule has 0 bridgehead atoms. The molecule has 0 unspecified atom stereocenters. The van der Waals surface area contributed by atoms with Crippen molar-refractivity contribution in [3.05, 3.63) is 143 Å². The lowest BCUT2D eigenvalue weighted by molar-refractivity contribution is -0.136. The van der Waals surface area contributed by atoms with Gasteiger partial charge < -0.3 is 20.3 Å². The Bertz CT molecular complexity index is 1740. The normalized spacial score (nSPS) is 16.7. The van der Waals surface area contributed by atoms with Crippen LogP contribution < -0.4 is 15.4 Å². The second-order valence-corrected chi connectivity index (χ2v) is 11.0. The third-order valence-corrected chi connectivity index (χ3v) is 8.04. The van der Waals surface area contributed by atoms with Crippen LogP contribution in [0, 0.1) is 5.82 Å². The number of ether oxygens (including phenoxy) is 1. The fourth-order valence-corrected chi connectivity index (χ4v) is 5.87. The number of para-hydroxylation sites is 1. The summed E-state index contributed by atoms with van der Waals surface area (Å²) in [6, 6.07) is 30.2. The first kappa shape index (κ1) is 29.6. The Kier molecular flexibility index (Phi) is 8.59. The lowest BCUT2D eigenvalue weighted by Gasteiger charge is -2.33. The number of urea groups is 1. The van der Waals surface area contributed by atoms with Crippen molar-refractivity contribution in [2.24, 2.45) is 0 Å². The van der Waals surface area contributed by atoms with Gasteiger partial charge in [-0.2, -0.15) is 0 Å². The smallest absolute Gasteiger partial charge is 0.322 e. The Labute approximate surface area is 261 Å². The lowest BCUT2D eigenvalue weighted by Crippen LogP contribution is -2.49. The molecule has 6 rings (SSSR count). The van der Waals surface area contributed by atoms with Crippen molar-refractivity contribution < 1.29 is 23.5 Å². The Morgan fingerprint density at radius 3 is 2.33 bits per heavy atom. The molecule has 8 nitrogen and oxygen atoms in total. The second-order valence-electron chi connectivity index (χ2n) is 11.0. The zero-order valence-corrected chi connectivity index (χ0v) is 24.8. The average molecular weight is 605 g/mol. The highest BCUT2D eigenvalue weighted by molar-refractivity contribution is 6.03. The van der Waals surface area contributed by atoms with Crippen LogP contribution >= 0.6 is 0 Å². The predicted molar refractivity (Wildman–Crippen MR) is 168 cm³/mol. The molecule has 2 aliphatic heterocycles. The van der Waals surface area contributed by atoms with Gasteiger partial charge in [-0.25, -0.2) is 9.18 Å². The maximum Gasteiger partial charge on any atom is 0.322 e. The van der Waals surface area contributed by atoms with Crippen LogP contribution in [0.2, 0.25) is 0 Å². The standard InChI is InChI=1S/C36H33FN4O4/c1-2-40-31-23-41(30(20-24-11-5-3-6-12-24)34(42)38-22-25-13-9-15-27(37)19-25)35(43)32(31)33(39-36(40)44)26-14-10-18-29(21-26)45-28-16-7-4-8-17-28/h3-19,21,30,33H,2,20,22-23H2,1H3,(H,38,42)(H,39,44)/t30-,33-/m1/s1. The minimum Gasteiger partial charge on any atom is -0.457 e. The molecule has 9 heteroatoms. The summed E-state index contributed by atoms with van der Waals surface area (Å²) in [5.74, 6) is 0.137. The van der Waals surface area contributed by atoms with Crippen LogP contribution in [0.4, 0.5) is 9.18 Å². The second kappa shape index (κ2) is 13.1. The van der Waals surface area contributed by atoms with E-state index < -0.39 is 17.9 Å². The first-order chi connectivity index (χ1) is 21.9. The van der Waals surface area contributed by atoms with Crippen LogP contribution in [0.1, 0.15) is 29.7 Å². The number of amides is 4. The summed E-state index contributed by atoms with van der Waals surface area (Å²) >= 11 is 0. The Hall–Kier alpha value is -5.44. The molecule has 0 spiro atoms.